The summed E-state index contributed by atoms with van der Waals surface area (Å²) in [7, 11) is -7.45. The first-order chi connectivity index (χ1) is 16.8. The first kappa shape index (κ1) is 25.7. The number of rotatable bonds is 7. The van der Waals surface area contributed by atoms with Gasteiger partial charge in [-0.25, -0.2) is 21.6 Å². The highest BCUT2D eigenvalue weighted by Gasteiger charge is 2.51. The van der Waals surface area contributed by atoms with Crippen LogP contribution in [0.5, 0.6) is 0 Å². The van der Waals surface area contributed by atoms with E-state index in [9.17, 15) is 21.6 Å². The number of benzene rings is 2. The monoisotopic (exact) mass is 550 g/mol. The normalized spacial score (nSPS) is 28.1. The van der Waals surface area contributed by atoms with Gasteiger partial charge in [0.1, 0.15) is 0 Å². The van der Waals surface area contributed by atoms with E-state index in [1.54, 1.807) is 19.1 Å². The maximum Gasteiger partial charge on any atom is 0.253 e. The van der Waals surface area contributed by atoms with Crippen molar-refractivity contribution in [2.45, 2.75) is 66.8 Å². The Labute approximate surface area is 218 Å². The number of carbonyl (C=O) groups is 1. The van der Waals surface area contributed by atoms with Crippen molar-refractivity contribution in [2.24, 2.45) is 17.8 Å². The molecule has 0 heterocycles. The van der Waals surface area contributed by atoms with E-state index in [2.05, 4.69) is 10.0 Å². The quantitative estimate of drug-likeness (QED) is 0.528. The number of nitrogens with one attached hydrogen (secondary N) is 2. The summed E-state index contributed by atoms with van der Waals surface area (Å²) < 4.78 is 52.7. The maximum absolute atomic E-state index is 13.6. The molecule has 4 fully saturated rings. The van der Waals surface area contributed by atoms with Crippen molar-refractivity contribution in [3.63, 3.8) is 0 Å². The number of halogens is 1. The Balaban J connectivity index is 1.43. The molecule has 4 aliphatic carbocycles. The van der Waals surface area contributed by atoms with Gasteiger partial charge in [0.05, 0.1) is 21.6 Å². The lowest BCUT2D eigenvalue weighted by molar-refractivity contribution is -0.0167. The fourth-order valence-corrected chi connectivity index (χ4v) is 9.32. The zero-order valence-electron chi connectivity index (χ0n) is 20.3. The number of hydrogen-bond acceptors (Lipinski definition) is 5. The van der Waals surface area contributed by atoms with Crippen molar-refractivity contribution in [3.8, 4) is 0 Å². The lowest BCUT2D eigenvalue weighted by atomic mass is 9.53. The summed E-state index contributed by atoms with van der Waals surface area (Å²) in [6, 6.07) is 9.77. The number of sulfonamides is 1. The van der Waals surface area contributed by atoms with Gasteiger partial charge < -0.3 is 5.32 Å². The van der Waals surface area contributed by atoms with Crippen LogP contribution in [-0.4, -0.2) is 34.5 Å². The van der Waals surface area contributed by atoms with E-state index in [0.717, 1.165) is 25.5 Å². The molecular formula is C26H31ClN2O5S2. The molecule has 2 aromatic carbocycles. The van der Waals surface area contributed by atoms with Gasteiger partial charge in [0, 0.05) is 16.6 Å². The fraction of sp³-hybridized carbons (Fsp3) is 0.500. The summed E-state index contributed by atoms with van der Waals surface area (Å²) in [5, 5.41) is 3.54. The van der Waals surface area contributed by atoms with Gasteiger partial charge in [0.15, 0.2) is 0 Å². The van der Waals surface area contributed by atoms with Gasteiger partial charge in [-0.1, -0.05) is 23.7 Å². The van der Waals surface area contributed by atoms with Crippen LogP contribution < -0.4 is 10.0 Å². The highest BCUT2D eigenvalue weighted by atomic mass is 35.5. The predicted molar refractivity (Wildman–Crippen MR) is 138 cm³/mol. The Morgan fingerprint density at radius 2 is 1.50 bits per heavy atom. The molecule has 0 radical (unpaired) electrons. The summed E-state index contributed by atoms with van der Waals surface area (Å²) in [4.78, 5) is 13.5. The Morgan fingerprint density at radius 3 is 2.03 bits per heavy atom. The first-order valence-electron chi connectivity index (χ1n) is 12.3. The Hall–Kier alpha value is -1.94. The number of sulfone groups is 1. The first-order valence-corrected chi connectivity index (χ1v) is 16.0. The summed E-state index contributed by atoms with van der Waals surface area (Å²) >= 11 is 6.21. The van der Waals surface area contributed by atoms with Crippen molar-refractivity contribution in [1.29, 1.82) is 0 Å². The Kier molecular flexibility index (Phi) is 6.51. The summed E-state index contributed by atoms with van der Waals surface area (Å²) in [6.45, 7) is 1.68. The summed E-state index contributed by atoms with van der Waals surface area (Å²) in [5.41, 5.74) is 0.407. The van der Waals surface area contributed by atoms with Crippen LogP contribution in [0.3, 0.4) is 0 Å². The van der Waals surface area contributed by atoms with E-state index in [0.29, 0.717) is 28.3 Å². The minimum Gasteiger partial charge on any atom is -0.347 e. The summed E-state index contributed by atoms with van der Waals surface area (Å²) in [5.74, 6) is 1.51. The third kappa shape index (κ3) is 5.08. The van der Waals surface area contributed by atoms with Crippen LogP contribution in [0.4, 0.5) is 0 Å². The van der Waals surface area contributed by atoms with Crippen LogP contribution in [0.15, 0.2) is 52.3 Å². The molecular weight excluding hydrogens is 520 g/mol. The molecule has 1 amide bonds. The molecule has 0 saturated heterocycles. The molecule has 1 atom stereocenters. The van der Waals surface area contributed by atoms with E-state index in [1.165, 1.54) is 49.6 Å². The lowest BCUT2D eigenvalue weighted by Gasteiger charge is -2.56. The van der Waals surface area contributed by atoms with Gasteiger partial charge in [-0.15, -0.1) is 0 Å². The third-order valence-corrected chi connectivity index (χ3v) is 10.8. The maximum atomic E-state index is 13.6. The van der Waals surface area contributed by atoms with Gasteiger partial charge >= 0.3 is 0 Å². The van der Waals surface area contributed by atoms with E-state index in [-0.39, 0.29) is 20.9 Å². The van der Waals surface area contributed by atoms with Crippen LogP contribution in [0.2, 0.25) is 5.02 Å². The smallest absolute Gasteiger partial charge is 0.253 e. The van der Waals surface area contributed by atoms with Crippen molar-refractivity contribution in [3.05, 3.63) is 58.6 Å². The molecule has 2 N–H and O–H groups in total. The van der Waals surface area contributed by atoms with Crippen LogP contribution in [-0.2, 0) is 19.9 Å². The molecule has 0 aliphatic heterocycles. The van der Waals surface area contributed by atoms with Crippen molar-refractivity contribution in [1.82, 2.24) is 10.0 Å². The van der Waals surface area contributed by atoms with Gasteiger partial charge in [0.2, 0.25) is 19.9 Å². The minimum absolute atomic E-state index is 0.0176. The Morgan fingerprint density at radius 1 is 0.944 bits per heavy atom. The summed E-state index contributed by atoms with van der Waals surface area (Å²) in [6.07, 6.45) is 7.64. The van der Waals surface area contributed by atoms with Crippen LogP contribution in [0.1, 0.15) is 67.4 Å². The molecule has 0 unspecified atom stereocenters. The van der Waals surface area contributed by atoms with E-state index in [4.69, 9.17) is 11.6 Å². The Bertz CT molecular complexity index is 1370. The highest BCUT2D eigenvalue weighted by Crippen LogP contribution is 2.55. The second-order valence-electron chi connectivity index (χ2n) is 11.0. The molecule has 4 saturated carbocycles. The second-order valence-corrected chi connectivity index (χ2v) is 15.1. The molecule has 4 aliphatic rings. The van der Waals surface area contributed by atoms with E-state index >= 15 is 0 Å². The van der Waals surface area contributed by atoms with Crippen molar-refractivity contribution >= 4 is 37.4 Å². The SMILES string of the molecule is C[C@H](NS(C)(=O)=O)c1ccc(S(=O)(=O)c2ccc(Cl)cc2C(=O)NC23CC4CC(CC(C4)C2)C3)cc1. The molecule has 4 bridgehead atoms. The number of carbonyl (C=O) groups excluding carboxylic acids is 1. The van der Waals surface area contributed by atoms with Crippen molar-refractivity contribution in [2.75, 3.05) is 6.26 Å². The van der Waals surface area contributed by atoms with Crippen LogP contribution >= 0.6 is 11.6 Å². The molecule has 194 valence electrons. The van der Waals surface area contributed by atoms with Gasteiger partial charge in [-0.3, -0.25) is 4.79 Å². The van der Waals surface area contributed by atoms with Crippen molar-refractivity contribution < 1.29 is 21.6 Å². The van der Waals surface area contributed by atoms with Gasteiger partial charge in [0.25, 0.3) is 5.91 Å². The molecule has 0 aromatic heterocycles. The topological polar surface area (TPSA) is 109 Å². The third-order valence-electron chi connectivity index (χ3n) is 7.97. The second kappa shape index (κ2) is 9.11. The highest BCUT2D eigenvalue weighted by molar-refractivity contribution is 7.91. The lowest BCUT2D eigenvalue weighted by Crippen LogP contribution is -2.59. The van der Waals surface area contributed by atoms with Gasteiger partial charge in [-0.05, 0) is 99.1 Å². The van der Waals surface area contributed by atoms with E-state index in [1.807, 2.05) is 0 Å². The number of hydrogen-bond donors (Lipinski definition) is 2. The molecule has 2 aromatic rings. The number of amides is 1. The standard InChI is InChI=1S/C26H31ClN2O5S2/c1-16(29-35(2,31)32)20-3-6-22(7-4-20)36(33,34)24-8-5-21(27)12-23(24)25(30)28-26-13-17-9-18(14-26)11-19(10-17)15-26/h3-8,12,16-19,29H,9-11,13-15H2,1-2H3,(H,28,30)/t16-,17?,18?,19?,26?/m0/s1. The minimum atomic E-state index is -4.03. The molecule has 7 nitrogen and oxygen atoms in total. The average molecular weight is 551 g/mol. The largest absolute Gasteiger partial charge is 0.347 e. The molecule has 0 spiro atoms. The van der Waals surface area contributed by atoms with Crippen LogP contribution in [0, 0.1) is 17.8 Å². The molecule has 6 rings (SSSR count). The molecule has 10 heteroatoms. The zero-order chi connectivity index (χ0) is 25.9. The molecule has 36 heavy (non-hydrogen) atoms. The van der Waals surface area contributed by atoms with E-state index < -0.39 is 31.8 Å². The van der Waals surface area contributed by atoms with Gasteiger partial charge in [-0.2, -0.15) is 0 Å². The predicted octanol–water partition coefficient (Wildman–Crippen LogP) is 4.48. The van der Waals surface area contributed by atoms with Crippen LogP contribution in [0.25, 0.3) is 0 Å². The fourth-order valence-electron chi connectivity index (χ4n) is 6.94. The zero-order valence-corrected chi connectivity index (χ0v) is 22.7. The average Bonchev–Trinajstić information content (AvgIpc) is 2.76.